The highest BCUT2D eigenvalue weighted by Crippen LogP contribution is 2.43. The Morgan fingerprint density at radius 3 is 1.70 bits per heavy atom. The van der Waals surface area contributed by atoms with Gasteiger partial charge in [0.15, 0.2) is 0 Å². The Morgan fingerprint density at radius 2 is 1.12 bits per heavy atom. The molecule has 0 unspecified atom stereocenters. The molecule has 2 aliphatic carbocycles. The van der Waals surface area contributed by atoms with E-state index >= 15 is 0 Å². The van der Waals surface area contributed by atoms with E-state index in [-0.39, 0.29) is 0 Å². The Hall–Kier alpha value is -2.60. The molecule has 0 aromatic rings. The molecule has 0 nitrogen and oxygen atoms in total. The van der Waals surface area contributed by atoms with E-state index in [1.807, 2.05) is 0 Å². The van der Waals surface area contributed by atoms with Crippen LogP contribution in [0.2, 0.25) is 0 Å². The van der Waals surface area contributed by atoms with Gasteiger partial charge in [0, 0.05) is 0 Å². The largest absolute Gasteiger partial charge is 0.0736 e. The summed E-state index contributed by atoms with van der Waals surface area (Å²) in [5.74, 6) is 0. The highest BCUT2D eigenvalue weighted by Gasteiger charge is 2.28. The minimum absolute atomic E-state index is 0.294. The van der Waals surface area contributed by atoms with Gasteiger partial charge in [0.1, 0.15) is 0 Å². The molecule has 0 radical (unpaired) electrons. The molecule has 40 heavy (non-hydrogen) atoms. The molecular weight excluding hydrogens is 480 g/mol. The van der Waals surface area contributed by atoms with Crippen LogP contribution in [0.25, 0.3) is 0 Å². The summed E-state index contributed by atoms with van der Waals surface area (Å²) in [5.41, 5.74) is 12.3. The first-order chi connectivity index (χ1) is 18.8. The second kappa shape index (κ2) is 16.0. The lowest BCUT2D eigenvalue weighted by atomic mass is 9.71. The summed E-state index contributed by atoms with van der Waals surface area (Å²) in [5, 5.41) is 0. The van der Waals surface area contributed by atoms with Crippen LogP contribution in [0.3, 0.4) is 0 Å². The summed E-state index contributed by atoms with van der Waals surface area (Å²) in [6, 6.07) is 0. The molecule has 0 heterocycles. The van der Waals surface area contributed by atoms with E-state index in [1.165, 1.54) is 72.8 Å². The molecule has 0 aromatic carbocycles. The highest BCUT2D eigenvalue weighted by atomic mass is 14.3. The predicted molar refractivity (Wildman–Crippen MR) is 181 cm³/mol. The van der Waals surface area contributed by atoms with Gasteiger partial charge in [-0.05, 0) is 109 Å². The van der Waals surface area contributed by atoms with E-state index in [1.54, 1.807) is 16.7 Å². The zero-order chi connectivity index (χ0) is 29.8. The zero-order valence-corrected chi connectivity index (χ0v) is 27.6. The minimum Gasteiger partial charge on any atom is -0.0736 e. The number of rotatable bonds is 11. The fraction of sp³-hybridized carbons (Fsp3) is 0.500. The van der Waals surface area contributed by atoms with E-state index in [9.17, 15) is 0 Å². The van der Waals surface area contributed by atoms with Crippen LogP contribution in [0.5, 0.6) is 0 Å². The zero-order valence-electron chi connectivity index (χ0n) is 27.6. The second-order valence-electron chi connectivity index (χ2n) is 13.6. The van der Waals surface area contributed by atoms with Crippen molar-refractivity contribution in [2.75, 3.05) is 0 Å². The van der Waals surface area contributed by atoms with E-state index in [0.29, 0.717) is 10.8 Å². The average Bonchev–Trinajstić information content (AvgIpc) is 2.85. The lowest BCUT2D eigenvalue weighted by Gasteiger charge is -2.34. The maximum Gasteiger partial charge on any atom is -0.0104 e. The van der Waals surface area contributed by atoms with Crippen molar-refractivity contribution < 1.29 is 0 Å². The van der Waals surface area contributed by atoms with Gasteiger partial charge >= 0.3 is 0 Å². The molecule has 0 aromatic heterocycles. The molecule has 0 bridgehead atoms. The summed E-state index contributed by atoms with van der Waals surface area (Å²) in [4.78, 5) is 0. The fourth-order valence-electron chi connectivity index (χ4n) is 6.15. The molecule has 0 fully saturated rings. The van der Waals surface area contributed by atoms with Crippen molar-refractivity contribution in [1.82, 2.24) is 0 Å². The molecule has 0 spiro atoms. The normalized spacial score (nSPS) is 21.8. The minimum atomic E-state index is 0.294. The van der Waals surface area contributed by atoms with Crippen LogP contribution in [0, 0.1) is 10.8 Å². The summed E-state index contributed by atoms with van der Waals surface area (Å²) in [6.07, 6.45) is 36.5. The van der Waals surface area contributed by atoms with Gasteiger partial charge in [-0.15, -0.1) is 0 Å². The molecule has 2 rings (SSSR count). The van der Waals surface area contributed by atoms with Crippen LogP contribution >= 0.6 is 0 Å². The maximum absolute atomic E-state index is 2.42. The van der Waals surface area contributed by atoms with Crippen molar-refractivity contribution in [1.29, 1.82) is 0 Å². The van der Waals surface area contributed by atoms with Crippen molar-refractivity contribution in [3.8, 4) is 0 Å². The van der Waals surface area contributed by atoms with Crippen molar-refractivity contribution >= 4 is 0 Å². The van der Waals surface area contributed by atoms with Crippen molar-refractivity contribution in [3.05, 3.63) is 117 Å². The Labute approximate surface area is 248 Å². The van der Waals surface area contributed by atoms with Crippen molar-refractivity contribution in [2.45, 2.75) is 121 Å². The lowest BCUT2D eigenvalue weighted by Crippen LogP contribution is -2.20. The molecular formula is C40H58. The molecule has 0 aliphatic heterocycles. The Balaban J connectivity index is 1.84. The third-order valence-corrected chi connectivity index (χ3v) is 8.80. The van der Waals surface area contributed by atoms with Crippen LogP contribution in [-0.2, 0) is 0 Å². The first-order valence-corrected chi connectivity index (χ1v) is 15.6. The van der Waals surface area contributed by atoms with Gasteiger partial charge in [0.05, 0.1) is 0 Å². The highest BCUT2D eigenvalue weighted by molar-refractivity contribution is 5.37. The molecule has 0 saturated heterocycles. The molecule has 2 aliphatic rings. The second-order valence-corrected chi connectivity index (χ2v) is 13.6. The molecule has 0 saturated carbocycles. The number of hydrogen-bond donors (Lipinski definition) is 0. The number of allylic oxidation sites excluding steroid dienone is 20. The summed E-state index contributed by atoms with van der Waals surface area (Å²) < 4.78 is 0. The van der Waals surface area contributed by atoms with Gasteiger partial charge in [0.25, 0.3) is 0 Å². The Bertz CT molecular complexity index is 1170. The first kappa shape index (κ1) is 33.6. The van der Waals surface area contributed by atoms with E-state index in [4.69, 9.17) is 0 Å². The standard InChI is InChI=1S/C40H58/c1-31(19-13-21-33(3)25-27-37-35(5)23-15-29-39(37,7)8)17-11-12-18-32(2)20-14-22-34(4)26-28-38-36(6)24-16-30-40(38,9)10/h11-14,17-22,25,27H,15-16,23-24,26,28-30H2,1-10H3/b12-11+,19-13+,20-14+,27-25+,31-17-,32-18+,33-21+,34-22-. The van der Waals surface area contributed by atoms with E-state index < -0.39 is 0 Å². The molecule has 0 atom stereocenters. The van der Waals surface area contributed by atoms with Crippen molar-refractivity contribution in [3.63, 3.8) is 0 Å². The van der Waals surface area contributed by atoms with Gasteiger partial charge < -0.3 is 0 Å². The first-order valence-electron chi connectivity index (χ1n) is 15.6. The smallest absolute Gasteiger partial charge is 0.0104 e. The Kier molecular flexibility index (Phi) is 13.4. The van der Waals surface area contributed by atoms with Crippen LogP contribution in [0.15, 0.2) is 117 Å². The van der Waals surface area contributed by atoms with Gasteiger partial charge in [-0.1, -0.05) is 140 Å². The van der Waals surface area contributed by atoms with Gasteiger partial charge in [-0.2, -0.15) is 0 Å². The summed E-state index contributed by atoms with van der Waals surface area (Å²) in [7, 11) is 0. The monoisotopic (exact) mass is 538 g/mol. The summed E-state index contributed by atoms with van der Waals surface area (Å²) in [6.45, 7) is 23.0. The van der Waals surface area contributed by atoms with Gasteiger partial charge in [0.2, 0.25) is 0 Å². The lowest BCUT2D eigenvalue weighted by molar-refractivity contribution is 0.354. The van der Waals surface area contributed by atoms with Gasteiger partial charge in [-0.25, -0.2) is 0 Å². The topological polar surface area (TPSA) is 0 Å². The Morgan fingerprint density at radius 1 is 0.625 bits per heavy atom. The third kappa shape index (κ3) is 11.5. The molecule has 0 heteroatoms. The third-order valence-electron chi connectivity index (χ3n) is 8.80. The van der Waals surface area contributed by atoms with Crippen molar-refractivity contribution in [2.24, 2.45) is 10.8 Å². The summed E-state index contributed by atoms with van der Waals surface area (Å²) >= 11 is 0. The SMILES string of the molecule is CC1=C(/C=C/C(C)=C/C=C/C(C)=C\C=C\C=C(C)\C=C\C=C(\C)CCC2=C(C)CCCC2(C)C)C(C)(C)CCC1. The molecule has 218 valence electrons. The van der Waals surface area contributed by atoms with Gasteiger partial charge in [-0.3, -0.25) is 0 Å². The molecule has 0 amide bonds. The van der Waals surface area contributed by atoms with E-state index in [0.717, 1.165) is 6.42 Å². The molecule has 0 N–H and O–H groups in total. The van der Waals surface area contributed by atoms with Crippen LogP contribution in [0.4, 0.5) is 0 Å². The average molecular weight is 539 g/mol. The predicted octanol–water partition coefficient (Wildman–Crippen LogP) is 12.8. The van der Waals surface area contributed by atoms with Crippen LogP contribution < -0.4 is 0 Å². The fourth-order valence-corrected chi connectivity index (χ4v) is 6.15. The van der Waals surface area contributed by atoms with E-state index in [2.05, 4.69) is 142 Å². The van der Waals surface area contributed by atoms with Crippen LogP contribution in [-0.4, -0.2) is 0 Å². The number of hydrogen-bond acceptors (Lipinski definition) is 0. The maximum atomic E-state index is 2.42. The van der Waals surface area contributed by atoms with Crippen LogP contribution in [0.1, 0.15) is 121 Å². The quantitative estimate of drug-likeness (QED) is 0.181.